The molecule has 0 saturated heterocycles. The van der Waals surface area contributed by atoms with Crippen molar-refractivity contribution < 1.29 is 29.5 Å². The minimum atomic E-state index is -1.29. The number of aromatic nitrogens is 2. The summed E-state index contributed by atoms with van der Waals surface area (Å²) in [4.78, 5) is 0. The second kappa shape index (κ2) is 11.2. The molecule has 2 aromatic heterocycles. The third-order valence-electron chi connectivity index (χ3n) is 7.69. The summed E-state index contributed by atoms with van der Waals surface area (Å²) in [6, 6.07) is 22.8. The highest BCUT2D eigenvalue weighted by Gasteiger charge is 2.44. The number of hydrogen-bond donors (Lipinski definition) is 4. The van der Waals surface area contributed by atoms with Crippen molar-refractivity contribution in [3.8, 4) is 22.5 Å². The van der Waals surface area contributed by atoms with Crippen molar-refractivity contribution in [1.82, 2.24) is 10.3 Å². The molecular formula is C30H34N2O6. The molecule has 8 nitrogen and oxygen atoms in total. The first-order chi connectivity index (χ1) is 18.4. The smallest absolute Gasteiger partial charge is 0.171 e. The van der Waals surface area contributed by atoms with Gasteiger partial charge in [0, 0.05) is 23.3 Å². The number of aliphatic hydroxyl groups is 4. The van der Waals surface area contributed by atoms with Crippen molar-refractivity contribution >= 4 is 0 Å². The van der Waals surface area contributed by atoms with Gasteiger partial charge in [0.05, 0.1) is 12.2 Å². The van der Waals surface area contributed by atoms with E-state index in [2.05, 4.69) is 10.3 Å². The standard InChI is InChI=1S/2C15H17NO3/c2*17-13-8-4-5-9-15(13,18)14-10-12(16-19-14)11-6-2-1-3-7-11/h2*1-3,6-7,10,13,17-18H,4-5,8-9H2/t2*13-,15+/m10/s1. The van der Waals surface area contributed by atoms with E-state index in [1.165, 1.54) is 0 Å². The largest absolute Gasteiger partial charge is 0.390 e. The Morgan fingerprint density at radius 3 is 1.37 bits per heavy atom. The third-order valence-corrected chi connectivity index (χ3v) is 7.69. The van der Waals surface area contributed by atoms with Crippen LogP contribution in [0.3, 0.4) is 0 Å². The van der Waals surface area contributed by atoms with Gasteiger partial charge in [0.15, 0.2) is 22.7 Å². The lowest BCUT2D eigenvalue weighted by Crippen LogP contribution is -2.41. The van der Waals surface area contributed by atoms with Crippen LogP contribution in [-0.2, 0) is 11.2 Å². The summed E-state index contributed by atoms with van der Waals surface area (Å²) >= 11 is 0. The van der Waals surface area contributed by atoms with E-state index in [-0.39, 0.29) is 0 Å². The monoisotopic (exact) mass is 518 g/mol. The fourth-order valence-corrected chi connectivity index (χ4v) is 5.30. The SMILES string of the molecule is O[C@@H]1CCCC[C@@]1(O)c1cc(-c2ccccc2)no1.O[C@H]1CCCC[C@]1(O)c1cc(-c2ccccc2)no1. The maximum absolute atomic E-state index is 10.6. The van der Waals surface area contributed by atoms with E-state index < -0.39 is 23.4 Å². The summed E-state index contributed by atoms with van der Waals surface area (Å²) in [5, 5.41) is 49.2. The molecule has 0 amide bonds. The highest BCUT2D eigenvalue weighted by Crippen LogP contribution is 2.39. The quantitative estimate of drug-likeness (QED) is 0.299. The van der Waals surface area contributed by atoms with Gasteiger partial charge < -0.3 is 29.5 Å². The number of nitrogens with zero attached hydrogens (tertiary/aromatic N) is 2. The number of hydrogen-bond acceptors (Lipinski definition) is 8. The molecule has 2 saturated carbocycles. The van der Waals surface area contributed by atoms with Crippen LogP contribution in [0.15, 0.2) is 81.8 Å². The minimum Gasteiger partial charge on any atom is -0.390 e. The van der Waals surface area contributed by atoms with Crippen molar-refractivity contribution in [2.45, 2.75) is 74.8 Å². The molecule has 4 aromatic rings. The normalized spacial score (nSPS) is 27.4. The molecule has 0 spiro atoms. The highest BCUT2D eigenvalue weighted by atomic mass is 16.5. The molecule has 0 radical (unpaired) electrons. The van der Waals surface area contributed by atoms with Crippen LogP contribution in [0.5, 0.6) is 0 Å². The van der Waals surface area contributed by atoms with Gasteiger partial charge in [0.25, 0.3) is 0 Å². The molecule has 8 heteroatoms. The summed E-state index contributed by atoms with van der Waals surface area (Å²) in [6.45, 7) is 0. The Hall–Kier alpha value is -3.30. The first-order valence-corrected chi connectivity index (χ1v) is 13.3. The molecule has 2 aliphatic rings. The number of benzene rings is 2. The molecule has 200 valence electrons. The van der Waals surface area contributed by atoms with Gasteiger partial charge in [-0.3, -0.25) is 0 Å². The molecule has 0 aliphatic heterocycles. The van der Waals surface area contributed by atoms with E-state index in [0.717, 1.165) is 36.8 Å². The van der Waals surface area contributed by atoms with E-state index in [1.807, 2.05) is 60.7 Å². The Morgan fingerprint density at radius 1 is 0.605 bits per heavy atom. The van der Waals surface area contributed by atoms with Crippen LogP contribution in [0.2, 0.25) is 0 Å². The Kier molecular flexibility index (Phi) is 7.76. The number of rotatable bonds is 4. The third kappa shape index (κ3) is 5.31. The Morgan fingerprint density at radius 2 is 1.00 bits per heavy atom. The van der Waals surface area contributed by atoms with E-state index >= 15 is 0 Å². The summed E-state index contributed by atoms with van der Waals surface area (Å²) < 4.78 is 10.5. The molecule has 2 aliphatic carbocycles. The highest BCUT2D eigenvalue weighted by molar-refractivity contribution is 5.59. The van der Waals surface area contributed by atoms with Gasteiger partial charge in [0.1, 0.15) is 11.4 Å². The zero-order chi connectivity index (χ0) is 26.6. The topological polar surface area (TPSA) is 133 Å². The second-order valence-electron chi connectivity index (χ2n) is 10.3. The maximum atomic E-state index is 10.6. The second-order valence-corrected chi connectivity index (χ2v) is 10.3. The lowest BCUT2D eigenvalue weighted by Gasteiger charge is -2.34. The van der Waals surface area contributed by atoms with E-state index in [4.69, 9.17) is 9.05 Å². The van der Waals surface area contributed by atoms with Crippen molar-refractivity contribution in [1.29, 1.82) is 0 Å². The molecule has 2 fully saturated rings. The number of aliphatic hydroxyl groups excluding tert-OH is 2. The molecule has 0 unspecified atom stereocenters. The van der Waals surface area contributed by atoms with Crippen LogP contribution in [-0.4, -0.2) is 42.9 Å². The van der Waals surface area contributed by atoms with Gasteiger partial charge in [-0.15, -0.1) is 0 Å². The van der Waals surface area contributed by atoms with Crippen LogP contribution < -0.4 is 0 Å². The molecule has 2 aromatic carbocycles. The van der Waals surface area contributed by atoms with Crippen molar-refractivity contribution in [3.63, 3.8) is 0 Å². The zero-order valence-corrected chi connectivity index (χ0v) is 21.2. The van der Waals surface area contributed by atoms with Gasteiger partial charge in [-0.2, -0.15) is 0 Å². The first-order valence-electron chi connectivity index (χ1n) is 13.3. The predicted octanol–water partition coefficient (Wildman–Crippen LogP) is 4.93. The average molecular weight is 519 g/mol. The van der Waals surface area contributed by atoms with Crippen LogP contribution >= 0.6 is 0 Å². The van der Waals surface area contributed by atoms with E-state index in [9.17, 15) is 20.4 Å². The zero-order valence-electron chi connectivity index (χ0n) is 21.2. The maximum Gasteiger partial charge on any atom is 0.171 e. The van der Waals surface area contributed by atoms with Crippen LogP contribution in [0.25, 0.3) is 22.5 Å². The average Bonchev–Trinajstić information content (AvgIpc) is 3.65. The predicted molar refractivity (Wildman–Crippen MR) is 141 cm³/mol. The summed E-state index contributed by atoms with van der Waals surface area (Å²) in [5.41, 5.74) is 0.651. The van der Waals surface area contributed by atoms with Gasteiger partial charge in [-0.05, 0) is 38.5 Å². The van der Waals surface area contributed by atoms with Crippen LogP contribution in [0.1, 0.15) is 62.9 Å². The summed E-state index contributed by atoms with van der Waals surface area (Å²) in [5.74, 6) is 0.720. The molecule has 4 atom stereocenters. The van der Waals surface area contributed by atoms with Crippen molar-refractivity contribution in [2.75, 3.05) is 0 Å². The van der Waals surface area contributed by atoms with Gasteiger partial charge in [-0.25, -0.2) is 0 Å². The van der Waals surface area contributed by atoms with Gasteiger partial charge in [-0.1, -0.05) is 83.8 Å². The Bertz CT molecular complexity index is 1200. The molecule has 6 rings (SSSR count). The summed E-state index contributed by atoms with van der Waals surface area (Å²) in [7, 11) is 0. The minimum absolute atomic E-state index is 0.360. The van der Waals surface area contributed by atoms with Crippen LogP contribution in [0.4, 0.5) is 0 Å². The molecule has 0 bridgehead atoms. The fourth-order valence-electron chi connectivity index (χ4n) is 5.30. The lowest BCUT2D eigenvalue weighted by molar-refractivity contribution is -0.120. The van der Waals surface area contributed by atoms with Gasteiger partial charge in [0.2, 0.25) is 0 Å². The van der Waals surface area contributed by atoms with Crippen molar-refractivity contribution in [3.05, 3.63) is 84.3 Å². The lowest BCUT2D eigenvalue weighted by atomic mass is 9.80. The van der Waals surface area contributed by atoms with E-state index in [1.54, 1.807) is 12.1 Å². The Balaban J connectivity index is 0.000000155. The van der Waals surface area contributed by atoms with Gasteiger partial charge >= 0.3 is 0 Å². The molecule has 2 heterocycles. The summed E-state index contributed by atoms with van der Waals surface area (Å²) in [6.07, 6.45) is 4.29. The molecular weight excluding hydrogens is 484 g/mol. The molecule has 4 N–H and O–H groups in total. The Labute approximate surface area is 221 Å². The van der Waals surface area contributed by atoms with E-state index in [0.29, 0.717) is 48.6 Å². The van der Waals surface area contributed by atoms with Crippen LogP contribution in [0, 0.1) is 0 Å². The molecule has 38 heavy (non-hydrogen) atoms. The van der Waals surface area contributed by atoms with Crippen molar-refractivity contribution in [2.24, 2.45) is 0 Å². The first kappa shape index (κ1) is 26.3. The fraction of sp³-hybridized carbons (Fsp3) is 0.400.